The highest BCUT2D eigenvalue weighted by atomic mass is 79.9. The van der Waals surface area contributed by atoms with Crippen LogP contribution in [0.25, 0.3) is 0 Å². The van der Waals surface area contributed by atoms with Crippen molar-refractivity contribution in [1.29, 1.82) is 0 Å². The van der Waals surface area contributed by atoms with Gasteiger partial charge in [0, 0.05) is 37.8 Å². The molecule has 0 fully saturated rings. The van der Waals surface area contributed by atoms with E-state index in [2.05, 4.69) is 42.8 Å². The fourth-order valence-corrected chi connectivity index (χ4v) is 5.04. The Balaban J connectivity index is 3.46. The van der Waals surface area contributed by atoms with Crippen molar-refractivity contribution in [3.8, 4) is 0 Å². The molecule has 26 heavy (non-hydrogen) atoms. The Bertz CT molecular complexity index is 615. The summed E-state index contributed by atoms with van der Waals surface area (Å²) in [5.74, 6) is 1.30. The van der Waals surface area contributed by atoms with E-state index in [0.717, 1.165) is 16.5 Å². The smallest absolute Gasteiger partial charge is 0.0551 e. The molecule has 0 aliphatic heterocycles. The van der Waals surface area contributed by atoms with E-state index in [1.54, 1.807) is 0 Å². The standard InChI is InChI=1S/C21H34BrClO2S/c1-8-15(3)17(13-25-9-2)21(7,14-26(24)20(4,5)6)16-10-11-18(22)19(23)12-16/h10-12,15,17H,8-9,13-14H2,1-7H3/t15-,17?,21-,26+/m0/s1. The molecule has 1 rings (SSSR count). The van der Waals surface area contributed by atoms with Gasteiger partial charge in [-0.15, -0.1) is 0 Å². The van der Waals surface area contributed by atoms with Crippen LogP contribution in [0, 0.1) is 11.8 Å². The minimum Gasteiger partial charge on any atom is -0.381 e. The predicted octanol–water partition coefficient (Wildman–Crippen LogP) is 6.61. The second kappa shape index (κ2) is 10.0. The molecule has 0 spiro atoms. The van der Waals surface area contributed by atoms with Crippen LogP contribution in [0.1, 0.15) is 60.5 Å². The van der Waals surface area contributed by atoms with Crippen LogP contribution in [0.15, 0.2) is 22.7 Å². The van der Waals surface area contributed by atoms with Gasteiger partial charge in [0.2, 0.25) is 0 Å². The highest BCUT2D eigenvalue weighted by Crippen LogP contribution is 2.42. The van der Waals surface area contributed by atoms with Crippen LogP contribution in [0.2, 0.25) is 5.02 Å². The zero-order chi connectivity index (χ0) is 20.1. The minimum atomic E-state index is -0.974. The molecule has 1 aromatic carbocycles. The number of benzene rings is 1. The molecule has 0 aliphatic rings. The number of hydrogen-bond acceptors (Lipinski definition) is 2. The first kappa shape index (κ1) is 24.1. The minimum absolute atomic E-state index is 0.258. The summed E-state index contributed by atoms with van der Waals surface area (Å²) >= 11 is 9.90. The Hall–Kier alpha value is 0.1000. The molecular formula is C21H34BrClO2S. The van der Waals surface area contributed by atoms with Crippen LogP contribution in [-0.4, -0.2) is 27.9 Å². The molecule has 0 saturated carbocycles. The monoisotopic (exact) mass is 464 g/mol. The molecule has 0 heterocycles. The lowest BCUT2D eigenvalue weighted by Gasteiger charge is -2.42. The number of halogens is 2. The summed E-state index contributed by atoms with van der Waals surface area (Å²) in [4.78, 5) is 0. The van der Waals surface area contributed by atoms with Gasteiger partial charge in [0.1, 0.15) is 0 Å². The Kier molecular flexibility index (Phi) is 9.32. The number of rotatable bonds is 9. The normalized spacial score (nSPS) is 18.2. The largest absolute Gasteiger partial charge is 0.381 e. The van der Waals surface area contributed by atoms with Gasteiger partial charge >= 0.3 is 0 Å². The van der Waals surface area contributed by atoms with Gasteiger partial charge in [-0.05, 0) is 73.2 Å². The van der Waals surface area contributed by atoms with E-state index in [0.29, 0.717) is 29.9 Å². The summed E-state index contributed by atoms with van der Waals surface area (Å²) in [7, 11) is -0.974. The number of hydrogen-bond donors (Lipinski definition) is 0. The molecule has 1 unspecified atom stereocenters. The highest BCUT2D eigenvalue weighted by Gasteiger charge is 2.42. The first-order valence-corrected chi connectivity index (χ1v) is 11.9. The maximum absolute atomic E-state index is 13.1. The van der Waals surface area contributed by atoms with Crippen molar-refractivity contribution in [2.45, 2.75) is 65.0 Å². The average Bonchev–Trinajstić information content (AvgIpc) is 2.56. The zero-order valence-corrected chi connectivity index (χ0v) is 20.4. The van der Waals surface area contributed by atoms with Crippen LogP contribution < -0.4 is 0 Å². The first-order chi connectivity index (χ1) is 12.0. The van der Waals surface area contributed by atoms with Crippen LogP contribution >= 0.6 is 27.5 Å². The van der Waals surface area contributed by atoms with Gasteiger partial charge in [0.05, 0.1) is 11.6 Å². The topological polar surface area (TPSA) is 26.3 Å². The lowest BCUT2D eigenvalue weighted by Crippen LogP contribution is -2.45. The molecule has 0 aliphatic carbocycles. The van der Waals surface area contributed by atoms with Gasteiger partial charge in [0.25, 0.3) is 0 Å². The molecule has 1 aromatic rings. The molecule has 0 amide bonds. The Morgan fingerprint density at radius 3 is 2.31 bits per heavy atom. The van der Waals surface area contributed by atoms with Crippen molar-refractivity contribution in [3.63, 3.8) is 0 Å². The summed E-state index contributed by atoms with van der Waals surface area (Å²) in [6.45, 7) is 16.2. The molecule has 0 radical (unpaired) electrons. The van der Waals surface area contributed by atoms with E-state index >= 15 is 0 Å². The van der Waals surface area contributed by atoms with Crippen molar-refractivity contribution < 1.29 is 8.95 Å². The second-order valence-electron chi connectivity index (χ2n) is 8.30. The SMILES string of the molecule is CCOCC([C@@H](C)CC)[C@@](C)(C[S@@](=O)C(C)(C)C)c1ccc(Br)c(Cl)c1. The van der Waals surface area contributed by atoms with Crippen molar-refractivity contribution >= 4 is 38.3 Å². The van der Waals surface area contributed by atoms with Crippen LogP contribution in [0.3, 0.4) is 0 Å². The van der Waals surface area contributed by atoms with Crippen molar-refractivity contribution in [3.05, 3.63) is 33.3 Å². The lowest BCUT2D eigenvalue weighted by atomic mass is 9.68. The highest BCUT2D eigenvalue weighted by molar-refractivity contribution is 9.10. The van der Waals surface area contributed by atoms with Crippen LogP contribution in [0.4, 0.5) is 0 Å². The Morgan fingerprint density at radius 2 is 1.85 bits per heavy atom. The van der Waals surface area contributed by atoms with E-state index in [1.165, 1.54) is 0 Å². The van der Waals surface area contributed by atoms with E-state index in [4.69, 9.17) is 16.3 Å². The maximum atomic E-state index is 13.1. The third-order valence-electron chi connectivity index (χ3n) is 5.34. The third kappa shape index (κ3) is 6.05. The molecule has 150 valence electrons. The average molecular weight is 466 g/mol. The van der Waals surface area contributed by atoms with Crippen molar-refractivity contribution in [2.24, 2.45) is 11.8 Å². The van der Waals surface area contributed by atoms with Gasteiger partial charge in [-0.1, -0.05) is 44.9 Å². The van der Waals surface area contributed by atoms with Gasteiger partial charge in [0.15, 0.2) is 0 Å². The molecule has 0 saturated heterocycles. The molecule has 0 N–H and O–H groups in total. The van der Waals surface area contributed by atoms with E-state index < -0.39 is 10.8 Å². The van der Waals surface area contributed by atoms with Crippen molar-refractivity contribution in [2.75, 3.05) is 19.0 Å². The molecule has 0 bridgehead atoms. The van der Waals surface area contributed by atoms with Gasteiger partial charge in [-0.3, -0.25) is 4.21 Å². The fraction of sp³-hybridized carbons (Fsp3) is 0.714. The second-order valence-corrected chi connectivity index (χ2v) is 11.8. The summed E-state index contributed by atoms with van der Waals surface area (Å²) in [6.07, 6.45) is 1.06. The zero-order valence-electron chi connectivity index (χ0n) is 17.2. The fourth-order valence-electron chi connectivity index (χ4n) is 3.25. The van der Waals surface area contributed by atoms with E-state index in [-0.39, 0.29) is 16.1 Å². The first-order valence-electron chi connectivity index (χ1n) is 9.39. The Labute approximate surface area is 176 Å². The van der Waals surface area contributed by atoms with Crippen LogP contribution in [-0.2, 0) is 21.0 Å². The third-order valence-corrected chi connectivity index (χ3v) is 8.80. The quantitative estimate of drug-likeness (QED) is 0.410. The summed E-state index contributed by atoms with van der Waals surface area (Å²) in [5.41, 5.74) is 0.848. The van der Waals surface area contributed by atoms with Gasteiger partial charge in [-0.25, -0.2) is 0 Å². The summed E-state index contributed by atoms with van der Waals surface area (Å²) in [6, 6.07) is 6.12. The van der Waals surface area contributed by atoms with Crippen LogP contribution in [0.5, 0.6) is 0 Å². The van der Waals surface area contributed by atoms with Gasteiger partial charge < -0.3 is 4.74 Å². The summed E-state index contributed by atoms with van der Waals surface area (Å²) < 4.78 is 19.6. The predicted molar refractivity (Wildman–Crippen MR) is 119 cm³/mol. The Morgan fingerprint density at radius 1 is 1.23 bits per heavy atom. The molecule has 0 aromatic heterocycles. The lowest BCUT2D eigenvalue weighted by molar-refractivity contribution is 0.0550. The number of ether oxygens (including phenoxy) is 1. The van der Waals surface area contributed by atoms with Crippen molar-refractivity contribution in [1.82, 2.24) is 0 Å². The summed E-state index contributed by atoms with van der Waals surface area (Å²) in [5, 5.41) is 0.689. The molecular weight excluding hydrogens is 432 g/mol. The van der Waals surface area contributed by atoms with E-state index in [1.807, 2.05) is 39.8 Å². The van der Waals surface area contributed by atoms with Gasteiger partial charge in [-0.2, -0.15) is 0 Å². The molecule has 2 nitrogen and oxygen atoms in total. The molecule has 5 heteroatoms. The molecule has 4 atom stereocenters. The van der Waals surface area contributed by atoms with E-state index in [9.17, 15) is 4.21 Å². The maximum Gasteiger partial charge on any atom is 0.0551 e.